The van der Waals surface area contributed by atoms with Gasteiger partial charge in [-0.05, 0) is 47.1 Å². The van der Waals surface area contributed by atoms with E-state index in [0.29, 0.717) is 24.7 Å². The summed E-state index contributed by atoms with van der Waals surface area (Å²) in [6, 6.07) is -0.851. The summed E-state index contributed by atoms with van der Waals surface area (Å²) in [5.74, 6) is 0.466. The van der Waals surface area contributed by atoms with Gasteiger partial charge in [-0.15, -0.1) is 0 Å². The molecule has 1 aliphatic heterocycles. The molecule has 1 fully saturated rings. The van der Waals surface area contributed by atoms with Gasteiger partial charge in [-0.1, -0.05) is 6.58 Å². The van der Waals surface area contributed by atoms with Crippen molar-refractivity contribution in [2.45, 2.75) is 59.2 Å². The van der Waals surface area contributed by atoms with Crippen molar-refractivity contribution in [1.82, 2.24) is 19.2 Å². The Hall–Kier alpha value is -2.36. The highest BCUT2D eigenvalue weighted by atomic mass is 32.2. The van der Waals surface area contributed by atoms with Crippen LogP contribution in [0.1, 0.15) is 40.2 Å². The molecule has 0 bridgehead atoms. The van der Waals surface area contributed by atoms with Gasteiger partial charge in [-0.25, -0.2) is 23.2 Å². The molecule has 9 nitrogen and oxygen atoms in total. The lowest BCUT2D eigenvalue weighted by molar-refractivity contribution is 0.0218. The highest BCUT2D eigenvalue weighted by Gasteiger charge is 2.38. The van der Waals surface area contributed by atoms with Crippen LogP contribution < -0.4 is 4.90 Å². The van der Waals surface area contributed by atoms with E-state index >= 15 is 0 Å². The summed E-state index contributed by atoms with van der Waals surface area (Å²) in [4.78, 5) is 24.9. The van der Waals surface area contributed by atoms with Gasteiger partial charge < -0.3 is 14.5 Å². The van der Waals surface area contributed by atoms with Gasteiger partial charge in [0.25, 0.3) is 0 Å². The Morgan fingerprint density at radius 2 is 1.83 bits per heavy atom. The van der Waals surface area contributed by atoms with Gasteiger partial charge >= 0.3 is 6.09 Å². The Bertz CT molecular complexity index is 877. The van der Waals surface area contributed by atoms with Crippen LogP contribution in [0.5, 0.6) is 0 Å². The average molecular weight is 440 g/mol. The number of piperazine rings is 1. The normalized spacial score (nSPS) is 17.8. The van der Waals surface area contributed by atoms with Crippen molar-refractivity contribution in [2.24, 2.45) is 0 Å². The SMILES string of the molecule is C=C(C1CN(C(=O)OC(C)(C)C)CCN1c1ncc(C)cn1)N(C(C)C)S(C)(=O)=O. The molecule has 1 aliphatic rings. The molecular formula is C20H33N5O4S. The number of ether oxygens (including phenoxy) is 1. The van der Waals surface area contributed by atoms with Crippen LogP contribution >= 0.6 is 0 Å². The second-order valence-electron chi connectivity index (χ2n) is 8.84. The van der Waals surface area contributed by atoms with E-state index in [-0.39, 0.29) is 12.6 Å². The number of amides is 1. The molecule has 168 valence electrons. The molecule has 1 atom stereocenters. The standard InChI is InChI=1S/C20H33N5O4S/c1-14(2)25(30(8,27)28)16(4)17-13-23(19(26)29-20(5,6)7)9-10-24(17)18-21-11-15(3)12-22-18/h11-12,14,17H,4,9-10,13H2,1-3,5-8H3. The molecule has 0 N–H and O–H groups in total. The van der Waals surface area contributed by atoms with Crippen LogP contribution in [0.15, 0.2) is 24.7 Å². The Morgan fingerprint density at radius 1 is 1.27 bits per heavy atom. The minimum absolute atomic E-state index is 0.212. The van der Waals surface area contributed by atoms with E-state index in [0.717, 1.165) is 11.8 Å². The lowest BCUT2D eigenvalue weighted by Crippen LogP contribution is -2.59. The number of aryl methyl sites for hydroxylation is 1. The zero-order chi connectivity index (χ0) is 22.9. The fourth-order valence-electron chi connectivity index (χ4n) is 3.41. The van der Waals surface area contributed by atoms with Gasteiger partial charge in [0.05, 0.1) is 18.8 Å². The van der Waals surface area contributed by atoms with E-state index in [1.807, 2.05) is 32.6 Å². The molecule has 0 aliphatic carbocycles. The van der Waals surface area contributed by atoms with Crippen LogP contribution in [0.3, 0.4) is 0 Å². The lowest BCUT2D eigenvalue weighted by Gasteiger charge is -2.44. The summed E-state index contributed by atoms with van der Waals surface area (Å²) < 4.78 is 31.7. The van der Waals surface area contributed by atoms with Crippen LogP contribution in [0.4, 0.5) is 10.7 Å². The number of anilines is 1. The maximum Gasteiger partial charge on any atom is 0.410 e. The number of sulfonamides is 1. The van der Waals surface area contributed by atoms with E-state index < -0.39 is 27.8 Å². The number of carbonyl (C=O) groups is 1. The molecule has 2 heterocycles. The number of aromatic nitrogens is 2. The Morgan fingerprint density at radius 3 is 2.30 bits per heavy atom. The summed E-state index contributed by atoms with van der Waals surface area (Å²) in [7, 11) is -3.56. The van der Waals surface area contributed by atoms with E-state index in [1.165, 1.54) is 4.31 Å². The number of nitrogens with zero attached hydrogens (tertiary/aromatic N) is 5. The number of hydrogen-bond acceptors (Lipinski definition) is 7. The topological polar surface area (TPSA) is 95.9 Å². The molecule has 0 spiro atoms. The highest BCUT2D eigenvalue weighted by Crippen LogP contribution is 2.27. The first kappa shape index (κ1) is 23.9. The number of hydrogen-bond donors (Lipinski definition) is 0. The smallest absolute Gasteiger partial charge is 0.410 e. The Kier molecular flexibility index (Phi) is 7.01. The first-order chi connectivity index (χ1) is 13.7. The molecule has 1 saturated heterocycles. The van der Waals surface area contributed by atoms with E-state index in [4.69, 9.17) is 4.74 Å². The minimum atomic E-state index is -3.56. The summed E-state index contributed by atoms with van der Waals surface area (Å²) in [5.41, 5.74) is 0.656. The van der Waals surface area contributed by atoms with Crippen molar-refractivity contribution in [3.05, 3.63) is 30.2 Å². The largest absolute Gasteiger partial charge is 0.444 e. The molecule has 1 aromatic heterocycles. The van der Waals surface area contributed by atoms with Crippen molar-refractivity contribution in [3.8, 4) is 0 Å². The van der Waals surface area contributed by atoms with E-state index in [1.54, 1.807) is 31.1 Å². The molecule has 10 heteroatoms. The summed E-state index contributed by atoms with van der Waals surface area (Å²) >= 11 is 0. The van der Waals surface area contributed by atoms with Crippen LogP contribution in [0.2, 0.25) is 0 Å². The van der Waals surface area contributed by atoms with Gasteiger partial charge in [0.1, 0.15) is 5.60 Å². The third-order valence-corrected chi connectivity index (χ3v) is 5.92. The van der Waals surface area contributed by atoms with Gasteiger partial charge in [0.15, 0.2) is 0 Å². The quantitative estimate of drug-likeness (QED) is 0.695. The third kappa shape index (κ3) is 5.84. The lowest BCUT2D eigenvalue weighted by atomic mass is 10.1. The van der Waals surface area contributed by atoms with Gasteiger partial charge in [0.2, 0.25) is 16.0 Å². The maximum atomic E-state index is 12.7. The molecule has 0 saturated carbocycles. The molecule has 1 aromatic rings. The predicted molar refractivity (Wildman–Crippen MR) is 117 cm³/mol. The van der Waals surface area contributed by atoms with Gasteiger partial charge in [-0.2, -0.15) is 0 Å². The third-order valence-electron chi connectivity index (χ3n) is 4.55. The van der Waals surface area contributed by atoms with Crippen LogP contribution in [0, 0.1) is 6.92 Å². The van der Waals surface area contributed by atoms with Crippen molar-refractivity contribution in [1.29, 1.82) is 0 Å². The second kappa shape index (κ2) is 8.79. The number of rotatable bonds is 5. The van der Waals surface area contributed by atoms with Crippen molar-refractivity contribution < 1.29 is 17.9 Å². The molecule has 30 heavy (non-hydrogen) atoms. The zero-order valence-corrected chi connectivity index (χ0v) is 19.7. The fraction of sp³-hybridized carbons (Fsp3) is 0.650. The highest BCUT2D eigenvalue weighted by molar-refractivity contribution is 7.88. The summed E-state index contributed by atoms with van der Waals surface area (Å²) in [6.45, 7) is 16.0. The molecule has 2 rings (SSSR count). The second-order valence-corrected chi connectivity index (χ2v) is 10.7. The first-order valence-corrected chi connectivity index (χ1v) is 11.8. The molecule has 1 amide bonds. The first-order valence-electron chi connectivity index (χ1n) is 9.92. The maximum absolute atomic E-state index is 12.7. The van der Waals surface area contributed by atoms with Crippen molar-refractivity contribution in [3.63, 3.8) is 0 Å². The Labute approximate surface area is 179 Å². The Balaban J connectivity index is 2.40. The molecule has 0 radical (unpaired) electrons. The van der Waals surface area contributed by atoms with Crippen LogP contribution in [-0.2, 0) is 14.8 Å². The summed E-state index contributed by atoms with van der Waals surface area (Å²) in [5, 5.41) is 0. The van der Waals surface area contributed by atoms with Crippen molar-refractivity contribution >= 4 is 22.1 Å². The minimum Gasteiger partial charge on any atom is -0.444 e. The number of carbonyl (C=O) groups excluding carboxylic acids is 1. The zero-order valence-electron chi connectivity index (χ0n) is 18.9. The van der Waals surface area contributed by atoms with Crippen molar-refractivity contribution in [2.75, 3.05) is 30.8 Å². The van der Waals surface area contributed by atoms with Crippen LogP contribution in [-0.4, -0.2) is 77.3 Å². The predicted octanol–water partition coefficient (Wildman–Crippen LogP) is 2.39. The van der Waals surface area contributed by atoms with E-state index in [9.17, 15) is 13.2 Å². The van der Waals surface area contributed by atoms with Crippen LogP contribution in [0.25, 0.3) is 0 Å². The summed E-state index contributed by atoms with van der Waals surface area (Å²) in [6.07, 6.45) is 4.12. The van der Waals surface area contributed by atoms with E-state index in [2.05, 4.69) is 16.5 Å². The fourth-order valence-corrected chi connectivity index (χ4v) is 4.72. The molecular weight excluding hydrogens is 406 g/mol. The average Bonchev–Trinajstić information content (AvgIpc) is 2.59. The molecule has 0 aromatic carbocycles. The van der Waals surface area contributed by atoms with Gasteiger partial charge in [0, 0.05) is 37.2 Å². The molecule has 1 unspecified atom stereocenters. The van der Waals surface area contributed by atoms with Gasteiger partial charge in [-0.3, -0.25) is 4.31 Å². The monoisotopic (exact) mass is 439 g/mol.